The van der Waals surface area contributed by atoms with Crippen molar-refractivity contribution >= 4 is 0 Å². The van der Waals surface area contributed by atoms with Crippen LogP contribution in [0.2, 0.25) is 0 Å². The van der Waals surface area contributed by atoms with Crippen LogP contribution in [0.1, 0.15) is 57.1 Å². The molecule has 0 aliphatic carbocycles. The van der Waals surface area contributed by atoms with Gasteiger partial charge < -0.3 is 9.80 Å². The van der Waals surface area contributed by atoms with Crippen molar-refractivity contribution in [2.45, 2.75) is 52.6 Å². The number of aromatic nitrogens is 4. The van der Waals surface area contributed by atoms with Crippen molar-refractivity contribution in [1.29, 1.82) is 0 Å². The molecule has 1 fully saturated rings. The molecule has 6 heteroatoms. The maximum Gasteiger partial charge on any atom is 0.214 e. The summed E-state index contributed by atoms with van der Waals surface area (Å²) in [6, 6.07) is 9.10. The summed E-state index contributed by atoms with van der Waals surface area (Å²) in [5, 5.41) is 13.0. The van der Waals surface area contributed by atoms with Gasteiger partial charge in [0, 0.05) is 5.56 Å². The minimum absolute atomic E-state index is 0.0856. The average molecular weight is 359 g/mol. The van der Waals surface area contributed by atoms with Crippen LogP contribution in [0.4, 0.5) is 0 Å². The number of quaternary nitrogens is 2. The van der Waals surface area contributed by atoms with Crippen molar-refractivity contribution in [2.75, 3.05) is 32.7 Å². The molecule has 1 aliphatic rings. The first-order valence-electron chi connectivity index (χ1n) is 9.99. The molecule has 1 saturated heterocycles. The molecule has 1 aromatic heterocycles. The van der Waals surface area contributed by atoms with E-state index in [1.807, 2.05) is 0 Å². The first-order valence-corrected chi connectivity index (χ1v) is 9.99. The zero-order chi connectivity index (χ0) is 18.7. The summed E-state index contributed by atoms with van der Waals surface area (Å²) in [4.78, 5) is 3.28. The Kier molecular flexibility index (Phi) is 5.73. The second-order valence-corrected chi connectivity index (χ2v) is 8.22. The molecule has 0 bridgehead atoms. The smallest absolute Gasteiger partial charge is 0.214 e. The highest BCUT2D eigenvalue weighted by atomic mass is 15.6. The van der Waals surface area contributed by atoms with E-state index >= 15 is 0 Å². The van der Waals surface area contributed by atoms with Crippen LogP contribution in [0.25, 0.3) is 0 Å². The highest BCUT2D eigenvalue weighted by molar-refractivity contribution is 5.26. The number of benzene rings is 1. The quantitative estimate of drug-likeness (QED) is 0.765. The van der Waals surface area contributed by atoms with Crippen molar-refractivity contribution in [3.05, 3.63) is 41.2 Å². The van der Waals surface area contributed by atoms with Crippen LogP contribution in [0.3, 0.4) is 0 Å². The SMILES string of the molecule is CC[NH+]1CC[NH+]([C@H](c2ccc(C)cc2)c2nnnn2C(C)(C)CC)CC1. The first-order chi connectivity index (χ1) is 12.5. The van der Waals surface area contributed by atoms with Crippen LogP contribution in [-0.4, -0.2) is 52.9 Å². The summed E-state index contributed by atoms with van der Waals surface area (Å²) < 4.78 is 2.06. The number of rotatable bonds is 6. The van der Waals surface area contributed by atoms with E-state index in [2.05, 4.69) is 79.1 Å². The largest absolute Gasteiger partial charge is 0.326 e. The standard InChI is InChI=1S/C20H32N6/c1-6-20(4,5)26-19(21-22-23-26)18(17-10-8-16(3)9-11-17)25-14-12-24(7-2)13-15-25/h8-11,18H,6-7,12-15H2,1-5H3/p+2/t18-/m1/s1. The molecule has 0 saturated carbocycles. The minimum Gasteiger partial charge on any atom is -0.326 e. The Bertz CT molecular complexity index is 697. The van der Waals surface area contributed by atoms with Crippen LogP contribution in [0.15, 0.2) is 24.3 Å². The molecule has 0 radical (unpaired) electrons. The van der Waals surface area contributed by atoms with E-state index in [1.54, 1.807) is 9.80 Å². The summed E-state index contributed by atoms with van der Waals surface area (Å²) in [6.07, 6.45) is 0.995. The van der Waals surface area contributed by atoms with E-state index in [4.69, 9.17) is 0 Å². The molecule has 26 heavy (non-hydrogen) atoms. The van der Waals surface area contributed by atoms with Gasteiger partial charge in [-0.05, 0) is 44.5 Å². The molecule has 3 rings (SSSR count). The molecule has 2 heterocycles. The van der Waals surface area contributed by atoms with Crippen LogP contribution >= 0.6 is 0 Å². The molecular weight excluding hydrogens is 324 g/mol. The topological polar surface area (TPSA) is 52.5 Å². The van der Waals surface area contributed by atoms with Gasteiger partial charge >= 0.3 is 0 Å². The minimum atomic E-state index is -0.0856. The number of piperazine rings is 1. The maximum absolute atomic E-state index is 4.52. The van der Waals surface area contributed by atoms with E-state index in [1.165, 1.54) is 30.8 Å². The van der Waals surface area contributed by atoms with Crippen molar-refractivity contribution in [3.63, 3.8) is 0 Å². The van der Waals surface area contributed by atoms with Crippen molar-refractivity contribution in [2.24, 2.45) is 0 Å². The third-order valence-corrected chi connectivity index (χ3v) is 6.11. The molecule has 1 aromatic carbocycles. The fourth-order valence-corrected chi connectivity index (χ4v) is 3.85. The number of tetrazole rings is 1. The normalized spacial score (nSPS) is 22.3. The summed E-state index contributed by atoms with van der Waals surface area (Å²) in [5.74, 6) is 0.996. The average Bonchev–Trinajstić information content (AvgIpc) is 3.14. The van der Waals surface area contributed by atoms with Gasteiger partial charge in [-0.3, -0.25) is 0 Å². The zero-order valence-corrected chi connectivity index (χ0v) is 16.9. The Morgan fingerprint density at radius 3 is 2.31 bits per heavy atom. The summed E-state index contributed by atoms with van der Waals surface area (Å²) in [7, 11) is 0. The number of nitrogens with one attached hydrogen (secondary N) is 2. The van der Waals surface area contributed by atoms with E-state index < -0.39 is 0 Å². The fourth-order valence-electron chi connectivity index (χ4n) is 3.85. The zero-order valence-electron chi connectivity index (χ0n) is 16.9. The van der Waals surface area contributed by atoms with Crippen LogP contribution < -0.4 is 9.80 Å². The van der Waals surface area contributed by atoms with Gasteiger partial charge in [0.1, 0.15) is 26.2 Å². The van der Waals surface area contributed by atoms with Crippen molar-refractivity contribution in [1.82, 2.24) is 20.2 Å². The molecule has 2 N–H and O–H groups in total. The molecule has 2 aromatic rings. The molecular formula is C20H34N6+2. The number of aryl methyl sites for hydroxylation is 1. The lowest BCUT2D eigenvalue weighted by Crippen LogP contribution is -3.28. The first kappa shape index (κ1) is 19.0. The van der Waals surface area contributed by atoms with Gasteiger partial charge in [0.2, 0.25) is 5.82 Å². The fraction of sp³-hybridized carbons (Fsp3) is 0.650. The predicted molar refractivity (Wildman–Crippen MR) is 102 cm³/mol. The van der Waals surface area contributed by atoms with Crippen molar-refractivity contribution < 1.29 is 9.80 Å². The molecule has 0 unspecified atom stereocenters. The van der Waals surface area contributed by atoms with E-state index in [0.717, 1.165) is 25.3 Å². The van der Waals surface area contributed by atoms with Gasteiger partial charge in [0.15, 0.2) is 6.04 Å². The van der Waals surface area contributed by atoms with Gasteiger partial charge in [0.25, 0.3) is 0 Å². The van der Waals surface area contributed by atoms with Gasteiger partial charge in [-0.2, -0.15) is 0 Å². The number of likely N-dealkylation sites (N-methyl/N-ethyl adjacent to an activating group) is 1. The summed E-state index contributed by atoms with van der Waals surface area (Å²) >= 11 is 0. The van der Waals surface area contributed by atoms with Gasteiger partial charge in [-0.1, -0.05) is 36.8 Å². The Morgan fingerprint density at radius 2 is 1.73 bits per heavy atom. The number of hydrogen-bond acceptors (Lipinski definition) is 3. The summed E-state index contributed by atoms with van der Waals surface area (Å²) in [5.41, 5.74) is 2.52. The van der Waals surface area contributed by atoms with E-state index in [9.17, 15) is 0 Å². The molecule has 0 spiro atoms. The van der Waals surface area contributed by atoms with Crippen LogP contribution in [-0.2, 0) is 5.54 Å². The van der Waals surface area contributed by atoms with Gasteiger partial charge in [-0.15, -0.1) is 5.10 Å². The Labute approximate surface area is 157 Å². The highest BCUT2D eigenvalue weighted by Crippen LogP contribution is 2.24. The third kappa shape index (κ3) is 3.81. The van der Waals surface area contributed by atoms with E-state index in [0.29, 0.717) is 0 Å². The maximum atomic E-state index is 4.52. The second kappa shape index (κ2) is 7.84. The van der Waals surface area contributed by atoms with Crippen LogP contribution in [0, 0.1) is 6.92 Å². The second-order valence-electron chi connectivity index (χ2n) is 8.22. The molecule has 1 atom stereocenters. The molecule has 6 nitrogen and oxygen atoms in total. The molecule has 142 valence electrons. The van der Waals surface area contributed by atoms with E-state index in [-0.39, 0.29) is 11.6 Å². The monoisotopic (exact) mass is 358 g/mol. The lowest BCUT2D eigenvalue weighted by molar-refractivity contribution is -1.02. The van der Waals surface area contributed by atoms with Gasteiger partial charge in [-0.25, -0.2) is 4.68 Å². The third-order valence-electron chi connectivity index (χ3n) is 6.11. The summed E-state index contributed by atoms with van der Waals surface area (Å²) in [6.45, 7) is 17.0. The molecule has 0 amide bonds. The highest BCUT2D eigenvalue weighted by Gasteiger charge is 2.37. The Morgan fingerprint density at radius 1 is 1.08 bits per heavy atom. The molecule has 1 aliphatic heterocycles. The number of hydrogen-bond donors (Lipinski definition) is 2. The Hall–Kier alpha value is -1.79. The number of nitrogens with zero attached hydrogens (tertiary/aromatic N) is 4. The Balaban J connectivity index is 1.99. The van der Waals surface area contributed by atoms with Crippen LogP contribution in [0.5, 0.6) is 0 Å². The lowest BCUT2D eigenvalue weighted by atomic mass is 9.98. The lowest BCUT2D eigenvalue weighted by Gasteiger charge is -2.35. The van der Waals surface area contributed by atoms with Gasteiger partial charge in [0.05, 0.1) is 12.1 Å². The predicted octanol–water partition coefficient (Wildman–Crippen LogP) is 0.0193. The van der Waals surface area contributed by atoms with Crippen molar-refractivity contribution in [3.8, 4) is 0 Å².